The third-order valence-electron chi connectivity index (χ3n) is 2.80. The van der Waals surface area contributed by atoms with E-state index in [0.29, 0.717) is 13.1 Å². The van der Waals surface area contributed by atoms with Crippen LogP contribution in [-0.2, 0) is 19.3 Å². The standard InChI is InChI=1S/C13H14F3N3/c1-2-19-10(7-8-18-19)9-17-12-6-4-3-5-11(12)13(14,15)16/h3-8,17H,2,9H2,1H3. The van der Waals surface area contributed by atoms with Gasteiger partial charge >= 0.3 is 6.18 Å². The van der Waals surface area contributed by atoms with Crippen LogP contribution in [-0.4, -0.2) is 9.78 Å². The predicted octanol–water partition coefficient (Wildman–Crippen LogP) is 3.53. The van der Waals surface area contributed by atoms with Gasteiger partial charge in [-0.1, -0.05) is 12.1 Å². The quantitative estimate of drug-likeness (QED) is 0.920. The molecule has 3 nitrogen and oxygen atoms in total. The Kier molecular flexibility index (Phi) is 3.78. The molecule has 0 unspecified atom stereocenters. The lowest BCUT2D eigenvalue weighted by atomic mass is 10.1. The summed E-state index contributed by atoms with van der Waals surface area (Å²) in [4.78, 5) is 0. The molecule has 0 aliphatic rings. The summed E-state index contributed by atoms with van der Waals surface area (Å²) in [5.74, 6) is 0. The molecule has 0 saturated heterocycles. The first kappa shape index (κ1) is 13.5. The minimum atomic E-state index is -4.35. The number of nitrogens with zero attached hydrogens (tertiary/aromatic N) is 2. The number of nitrogens with one attached hydrogen (secondary N) is 1. The molecule has 0 aliphatic heterocycles. The van der Waals surface area contributed by atoms with Crippen LogP contribution >= 0.6 is 0 Å². The first-order valence-corrected chi connectivity index (χ1v) is 5.93. The van der Waals surface area contributed by atoms with E-state index in [4.69, 9.17) is 0 Å². The van der Waals surface area contributed by atoms with E-state index in [1.54, 1.807) is 23.0 Å². The van der Waals surface area contributed by atoms with Crippen LogP contribution in [0, 0.1) is 0 Å². The van der Waals surface area contributed by atoms with E-state index in [9.17, 15) is 13.2 Å². The van der Waals surface area contributed by atoms with E-state index in [1.165, 1.54) is 12.1 Å². The second-order valence-electron chi connectivity index (χ2n) is 4.04. The van der Waals surface area contributed by atoms with Crippen molar-refractivity contribution in [1.82, 2.24) is 9.78 Å². The molecule has 0 bridgehead atoms. The van der Waals surface area contributed by atoms with Crippen LogP contribution in [0.25, 0.3) is 0 Å². The number of aryl methyl sites for hydroxylation is 1. The molecule has 19 heavy (non-hydrogen) atoms. The predicted molar refractivity (Wildman–Crippen MR) is 66.7 cm³/mol. The number of para-hydroxylation sites is 1. The summed E-state index contributed by atoms with van der Waals surface area (Å²) in [6.45, 7) is 2.92. The van der Waals surface area contributed by atoms with Crippen molar-refractivity contribution >= 4 is 5.69 Å². The van der Waals surface area contributed by atoms with Gasteiger partial charge in [0.05, 0.1) is 17.8 Å². The van der Waals surface area contributed by atoms with Gasteiger partial charge in [-0.05, 0) is 25.1 Å². The molecular weight excluding hydrogens is 255 g/mol. The van der Waals surface area contributed by atoms with Gasteiger partial charge in [-0.15, -0.1) is 0 Å². The fourth-order valence-corrected chi connectivity index (χ4v) is 1.87. The lowest BCUT2D eigenvalue weighted by Crippen LogP contribution is -2.12. The van der Waals surface area contributed by atoms with Crippen LogP contribution < -0.4 is 5.32 Å². The van der Waals surface area contributed by atoms with Crippen molar-refractivity contribution in [1.29, 1.82) is 0 Å². The summed E-state index contributed by atoms with van der Waals surface area (Å²) in [5, 5.41) is 6.89. The number of rotatable bonds is 4. The number of hydrogen-bond donors (Lipinski definition) is 1. The Hall–Kier alpha value is -1.98. The first-order valence-electron chi connectivity index (χ1n) is 5.93. The Balaban J connectivity index is 2.16. The van der Waals surface area contributed by atoms with Crippen LogP contribution in [0.15, 0.2) is 36.5 Å². The van der Waals surface area contributed by atoms with Gasteiger partial charge in [0.2, 0.25) is 0 Å². The number of alkyl halides is 3. The van der Waals surface area contributed by atoms with Crippen LogP contribution in [0.3, 0.4) is 0 Å². The van der Waals surface area contributed by atoms with Gasteiger partial charge in [0.1, 0.15) is 0 Å². The van der Waals surface area contributed by atoms with Gasteiger partial charge in [-0.3, -0.25) is 4.68 Å². The van der Waals surface area contributed by atoms with E-state index in [-0.39, 0.29) is 5.69 Å². The maximum Gasteiger partial charge on any atom is 0.418 e. The second-order valence-corrected chi connectivity index (χ2v) is 4.04. The lowest BCUT2D eigenvalue weighted by molar-refractivity contribution is -0.136. The molecule has 2 aromatic rings. The molecule has 0 saturated carbocycles. The highest BCUT2D eigenvalue weighted by Crippen LogP contribution is 2.34. The average Bonchev–Trinajstić information content (AvgIpc) is 2.83. The van der Waals surface area contributed by atoms with Crippen molar-refractivity contribution in [2.75, 3.05) is 5.32 Å². The van der Waals surface area contributed by atoms with Gasteiger partial charge < -0.3 is 5.32 Å². The van der Waals surface area contributed by atoms with Gasteiger partial charge in [-0.25, -0.2) is 0 Å². The molecular formula is C13H14F3N3. The molecule has 102 valence electrons. The van der Waals surface area contributed by atoms with Gasteiger partial charge in [0.25, 0.3) is 0 Å². The molecule has 6 heteroatoms. The molecule has 1 aromatic heterocycles. The molecule has 1 N–H and O–H groups in total. The van der Waals surface area contributed by atoms with Gasteiger partial charge in [0, 0.05) is 18.4 Å². The fraction of sp³-hybridized carbons (Fsp3) is 0.308. The van der Waals surface area contributed by atoms with E-state index < -0.39 is 11.7 Å². The van der Waals surface area contributed by atoms with Crippen molar-refractivity contribution in [3.05, 3.63) is 47.8 Å². The Morgan fingerprint density at radius 2 is 1.95 bits per heavy atom. The maximum absolute atomic E-state index is 12.8. The van der Waals surface area contributed by atoms with E-state index in [1.807, 2.05) is 6.92 Å². The minimum absolute atomic E-state index is 0.0823. The second kappa shape index (κ2) is 5.34. The number of aromatic nitrogens is 2. The molecule has 0 fully saturated rings. The van der Waals surface area contributed by atoms with Crippen molar-refractivity contribution in [2.24, 2.45) is 0 Å². The topological polar surface area (TPSA) is 29.9 Å². The summed E-state index contributed by atoms with van der Waals surface area (Å²) in [7, 11) is 0. The Morgan fingerprint density at radius 1 is 1.21 bits per heavy atom. The first-order chi connectivity index (χ1) is 9.02. The highest BCUT2D eigenvalue weighted by molar-refractivity contribution is 5.52. The van der Waals surface area contributed by atoms with E-state index in [2.05, 4.69) is 10.4 Å². The average molecular weight is 269 g/mol. The monoisotopic (exact) mass is 269 g/mol. The molecule has 0 spiro atoms. The molecule has 2 rings (SSSR count). The highest BCUT2D eigenvalue weighted by Gasteiger charge is 2.33. The molecule has 0 amide bonds. The smallest absolute Gasteiger partial charge is 0.379 e. The van der Waals surface area contributed by atoms with Gasteiger partial charge in [0.15, 0.2) is 0 Å². The van der Waals surface area contributed by atoms with E-state index in [0.717, 1.165) is 11.8 Å². The zero-order valence-electron chi connectivity index (χ0n) is 10.4. The minimum Gasteiger partial charge on any atom is -0.379 e. The summed E-state index contributed by atoms with van der Waals surface area (Å²) in [6.07, 6.45) is -2.72. The van der Waals surface area contributed by atoms with Crippen LogP contribution in [0.4, 0.5) is 18.9 Å². The summed E-state index contributed by atoms with van der Waals surface area (Å²) in [6, 6.07) is 7.24. The summed E-state index contributed by atoms with van der Waals surface area (Å²) < 4.78 is 40.1. The van der Waals surface area contributed by atoms with Crippen molar-refractivity contribution in [2.45, 2.75) is 26.2 Å². The summed E-state index contributed by atoms with van der Waals surface area (Å²) >= 11 is 0. The molecule has 0 aliphatic carbocycles. The molecule has 0 radical (unpaired) electrons. The lowest BCUT2D eigenvalue weighted by Gasteiger charge is -2.14. The summed E-state index contributed by atoms with van der Waals surface area (Å²) in [5.41, 5.74) is 0.274. The number of anilines is 1. The zero-order chi connectivity index (χ0) is 13.9. The van der Waals surface area contributed by atoms with Crippen molar-refractivity contribution in [3.8, 4) is 0 Å². The van der Waals surface area contributed by atoms with Crippen LogP contribution in [0.5, 0.6) is 0 Å². The number of hydrogen-bond acceptors (Lipinski definition) is 2. The fourth-order valence-electron chi connectivity index (χ4n) is 1.87. The third-order valence-corrected chi connectivity index (χ3v) is 2.80. The molecule has 0 atom stereocenters. The third kappa shape index (κ3) is 3.07. The number of benzene rings is 1. The SMILES string of the molecule is CCn1nccc1CNc1ccccc1C(F)(F)F. The largest absolute Gasteiger partial charge is 0.418 e. The Bertz CT molecular complexity index is 546. The number of halogens is 3. The molecule has 1 heterocycles. The normalized spacial score (nSPS) is 11.6. The van der Waals surface area contributed by atoms with E-state index >= 15 is 0 Å². The van der Waals surface area contributed by atoms with Crippen LogP contribution in [0.1, 0.15) is 18.2 Å². The zero-order valence-corrected chi connectivity index (χ0v) is 10.4. The Labute approximate surface area is 109 Å². The molecule has 1 aromatic carbocycles. The highest BCUT2D eigenvalue weighted by atomic mass is 19.4. The maximum atomic E-state index is 12.8. The van der Waals surface area contributed by atoms with Crippen molar-refractivity contribution < 1.29 is 13.2 Å². The Morgan fingerprint density at radius 3 is 2.63 bits per heavy atom. The van der Waals surface area contributed by atoms with Crippen LogP contribution in [0.2, 0.25) is 0 Å². The van der Waals surface area contributed by atoms with Crippen molar-refractivity contribution in [3.63, 3.8) is 0 Å². The van der Waals surface area contributed by atoms with Gasteiger partial charge in [-0.2, -0.15) is 18.3 Å².